The topological polar surface area (TPSA) is 91.4 Å². The molecule has 0 aromatic heterocycles. The van der Waals surface area contributed by atoms with Gasteiger partial charge in [-0.25, -0.2) is 8.42 Å². The lowest BCUT2D eigenvalue weighted by Crippen LogP contribution is -2.48. The van der Waals surface area contributed by atoms with Crippen molar-refractivity contribution in [3.63, 3.8) is 0 Å². The van der Waals surface area contributed by atoms with Crippen molar-refractivity contribution in [1.29, 1.82) is 0 Å². The fourth-order valence-corrected chi connectivity index (χ4v) is 6.19. The van der Waals surface area contributed by atoms with E-state index in [4.69, 9.17) is 9.47 Å². The van der Waals surface area contributed by atoms with Crippen LogP contribution in [0, 0.1) is 0 Å². The molecule has 3 heterocycles. The van der Waals surface area contributed by atoms with E-state index in [0.717, 1.165) is 31.6 Å². The van der Waals surface area contributed by atoms with E-state index >= 15 is 0 Å². The molecule has 3 aliphatic rings. The number of anilines is 2. The van der Waals surface area contributed by atoms with Gasteiger partial charge in [-0.15, -0.1) is 0 Å². The first-order valence-electron chi connectivity index (χ1n) is 11.5. The van der Waals surface area contributed by atoms with Crippen LogP contribution in [-0.2, 0) is 24.3 Å². The number of benzene rings is 1. The zero-order chi connectivity index (χ0) is 22.7. The highest BCUT2D eigenvalue weighted by atomic mass is 32.2. The van der Waals surface area contributed by atoms with Crippen LogP contribution in [0.3, 0.4) is 0 Å². The summed E-state index contributed by atoms with van der Waals surface area (Å²) in [4.78, 5) is 17.4. The molecule has 3 fully saturated rings. The Kier molecular flexibility index (Phi) is 7.36. The Morgan fingerprint density at radius 1 is 1.06 bits per heavy atom. The van der Waals surface area contributed by atoms with Crippen LogP contribution in [0.2, 0.25) is 0 Å². The molecule has 9 nitrogen and oxygen atoms in total. The van der Waals surface area contributed by atoms with Crippen LogP contribution in [0.25, 0.3) is 0 Å². The number of carbonyl (C=O) groups excluding carboxylic acids is 1. The van der Waals surface area contributed by atoms with Gasteiger partial charge in [0.05, 0.1) is 48.2 Å². The third-order valence-corrected chi connectivity index (χ3v) is 8.05. The van der Waals surface area contributed by atoms with E-state index in [1.165, 1.54) is 4.31 Å². The van der Waals surface area contributed by atoms with Crippen molar-refractivity contribution >= 4 is 27.3 Å². The minimum absolute atomic E-state index is 0.0775. The molecule has 0 spiro atoms. The lowest BCUT2D eigenvalue weighted by atomic mass is 10.2. The van der Waals surface area contributed by atoms with E-state index < -0.39 is 10.0 Å². The largest absolute Gasteiger partial charge is 0.379 e. The molecular weight excluding hydrogens is 432 g/mol. The van der Waals surface area contributed by atoms with Crippen LogP contribution < -0.4 is 10.2 Å². The number of ether oxygens (including phenoxy) is 2. The molecule has 0 bridgehead atoms. The van der Waals surface area contributed by atoms with Crippen LogP contribution in [-0.4, -0.2) is 94.8 Å². The standard InChI is InChI=1S/C22H34N4O5S/c1-17-14-24(15-18(2)31-17)16-22(27)23-20-13-19(5-6-21(20)25-7-3-4-8-25)32(28,29)26-9-11-30-12-10-26/h5-6,13,17-18H,3-4,7-12,14-16H2,1-2H3,(H,23,27). The first kappa shape index (κ1) is 23.4. The Morgan fingerprint density at radius 3 is 2.38 bits per heavy atom. The summed E-state index contributed by atoms with van der Waals surface area (Å²) in [6.45, 7) is 8.92. The molecular formula is C22H34N4O5S. The average Bonchev–Trinajstić information content (AvgIpc) is 3.28. The first-order chi connectivity index (χ1) is 15.3. The van der Waals surface area contributed by atoms with E-state index in [-0.39, 0.29) is 29.6 Å². The van der Waals surface area contributed by atoms with Gasteiger partial charge in [0.25, 0.3) is 0 Å². The van der Waals surface area contributed by atoms with Crippen molar-refractivity contribution < 1.29 is 22.7 Å². The van der Waals surface area contributed by atoms with E-state index in [9.17, 15) is 13.2 Å². The Labute approximate surface area is 190 Å². The molecule has 1 aromatic rings. The van der Waals surface area contributed by atoms with Crippen molar-refractivity contribution in [2.24, 2.45) is 0 Å². The number of sulfonamides is 1. The molecule has 178 valence electrons. The van der Waals surface area contributed by atoms with Crippen LogP contribution in [0.1, 0.15) is 26.7 Å². The Morgan fingerprint density at radius 2 is 1.72 bits per heavy atom. The summed E-state index contributed by atoms with van der Waals surface area (Å²) in [5, 5.41) is 3.01. The van der Waals surface area contributed by atoms with Gasteiger partial charge in [-0.05, 0) is 44.9 Å². The average molecular weight is 467 g/mol. The summed E-state index contributed by atoms with van der Waals surface area (Å²) in [5.41, 5.74) is 1.43. The van der Waals surface area contributed by atoms with Gasteiger partial charge < -0.3 is 19.7 Å². The van der Waals surface area contributed by atoms with Gasteiger partial charge in [-0.3, -0.25) is 9.69 Å². The lowest BCUT2D eigenvalue weighted by Gasteiger charge is -2.34. The maximum atomic E-state index is 13.2. The summed E-state index contributed by atoms with van der Waals surface area (Å²) in [7, 11) is -3.65. The van der Waals surface area contributed by atoms with Crippen molar-refractivity contribution in [2.45, 2.75) is 43.8 Å². The number of hydrogen-bond acceptors (Lipinski definition) is 7. The third-order valence-electron chi connectivity index (χ3n) is 6.16. The van der Waals surface area contributed by atoms with Gasteiger partial charge in [-0.2, -0.15) is 4.31 Å². The van der Waals surface area contributed by atoms with Gasteiger partial charge in [0.2, 0.25) is 15.9 Å². The summed E-state index contributed by atoms with van der Waals surface area (Å²) in [6.07, 6.45) is 2.33. The Hall–Kier alpha value is -1.72. The molecule has 0 saturated carbocycles. The van der Waals surface area contributed by atoms with E-state index in [2.05, 4.69) is 15.1 Å². The molecule has 1 amide bonds. The molecule has 3 saturated heterocycles. The third kappa shape index (κ3) is 5.43. The zero-order valence-electron chi connectivity index (χ0n) is 19.0. The van der Waals surface area contributed by atoms with Crippen molar-refractivity contribution in [1.82, 2.24) is 9.21 Å². The molecule has 2 unspecified atom stereocenters. The summed E-state index contributed by atoms with van der Waals surface area (Å²) in [5.74, 6) is -0.146. The molecule has 1 N–H and O–H groups in total. The second-order valence-corrected chi connectivity index (χ2v) is 10.8. The van der Waals surface area contributed by atoms with Crippen LogP contribution >= 0.6 is 0 Å². The van der Waals surface area contributed by atoms with Gasteiger partial charge in [-0.1, -0.05) is 0 Å². The predicted molar refractivity (Wildman–Crippen MR) is 123 cm³/mol. The second-order valence-electron chi connectivity index (χ2n) is 8.89. The van der Waals surface area contributed by atoms with Crippen molar-refractivity contribution in [3.05, 3.63) is 18.2 Å². The number of morpholine rings is 2. The summed E-state index contributed by atoms with van der Waals surface area (Å²) in [6, 6.07) is 5.09. The quantitative estimate of drug-likeness (QED) is 0.677. The van der Waals surface area contributed by atoms with Crippen molar-refractivity contribution in [3.8, 4) is 0 Å². The summed E-state index contributed by atoms with van der Waals surface area (Å²) >= 11 is 0. The van der Waals surface area contributed by atoms with E-state index in [0.29, 0.717) is 45.1 Å². The minimum atomic E-state index is -3.65. The Balaban J connectivity index is 1.55. The molecule has 4 rings (SSSR count). The molecule has 1 aromatic carbocycles. The Bertz CT molecular complexity index is 903. The molecule has 10 heteroatoms. The number of rotatable bonds is 6. The number of hydrogen-bond donors (Lipinski definition) is 1. The van der Waals surface area contributed by atoms with Gasteiger partial charge in [0.15, 0.2) is 0 Å². The minimum Gasteiger partial charge on any atom is -0.379 e. The van der Waals surface area contributed by atoms with Gasteiger partial charge in [0.1, 0.15) is 0 Å². The fraction of sp³-hybridized carbons (Fsp3) is 0.682. The van der Waals surface area contributed by atoms with E-state index in [1.807, 2.05) is 19.9 Å². The monoisotopic (exact) mass is 466 g/mol. The smallest absolute Gasteiger partial charge is 0.243 e. The number of amides is 1. The van der Waals surface area contributed by atoms with E-state index in [1.54, 1.807) is 12.1 Å². The number of nitrogens with one attached hydrogen (secondary N) is 1. The van der Waals surface area contributed by atoms with Crippen LogP contribution in [0.5, 0.6) is 0 Å². The highest BCUT2D eigenvalue weighted by molar-refractivity contribution is 7.89. The van der Waals surface area contributed by atoms with Crippen LogP contribution in [0.4, 0.5) is 11.4 Å². The molecule has 0 aliphatic carbocycles. The van der Waals surface area contributed by atoms with Gasteiger partial charge in [0, 0.05) is 39.3 Å². The first-order valence-corrected chi connectivity index (χ1v) is 12.9. The van der Waals surface area contributed by atoms with Crippen LogP contribution in [0.15, 0.2) is 23.1 Å². The van der Waals surface area contributed by atoms with Gasteiger partial charge >= 0.3 is 0 Å². The maximum Gasteiger partial charge on any atom is 0.243 e. The highest BCUT2D eigenvalue weighted by Gasteiger charge is 2.29. The molecule has 3 aliphatic heterocycles. The highest BCUT2D eigenvalue weighted by Crippen LogP contribution is 2.32. The normalized spacial score (nSPS) is 25.8. The number of nitrogens with zero attached hydrogens (tertiary/aromatic N) is 3. The second kappa shape index (κ2) is 10.0. The molecule has 32 heavy (non-hydrogen) atoms. The van der Waals surface area contributed by atoms with Crippen molar-refractivity contribution in [2.75, 3.05) is 69.2 Å². The zero-order valence-corrected chi connectivity index (χ0v) is 19.8. The maximum absolute atomic E-state index is 13.2. The predicted octanol–water partition coefficient (Wildman–Crippen LogP) is 1.36. The molecule has 0 radical (unpaired) electrons. The summed E-state index contributed by atoms with van der Waals surface area (Å²) < 4.78 is 38.8. The lowest BCUT2D eigenvalue weighted by molar-refractivity contribution is -0.121. The fourth-order valence-electron chi connectivity index (χ4n) is 4.75. The number of carbonyl (C=O) groups is 1. The molecule has 2 atom stereocenters. The SMILES string of the molecule is CC1CN(CC(=O)Nc2cc(S(=O)(=O)N3CCOCC3)ccc2N2CCCC2)CC(C)O1.